The molecule has 2 fully saturated rings. The summed E-state index contributed by atoms with van der Waals surface area (Å²) in [7, 11) is 0. The molecular weight excluding hydrogens is 352 g/mol. The molecule has 2 heterocycles. The second-order valence-electron chi connectivity index (χ2n) is 7.94. The number of amides is 1. The molecule has 2 aliphatic rings. The van der Waals surface area contributed by atoms with Crippen molar-refractivity contribution in [1.29, 1.82) is 0 Å². The van der Waals surface area contributed by atoms with Crippen LogP contribution in [0, 0.1) is 5.92 Å². The first-order valence-corrected chi connectivity index (χ1v) is 10.3. The number of nitrogens with zero attached hydrogens (tertiary/aromatic N) is 2. The lowest BCUT2D eigenvalue weighted by Gasteiger charge is -2.40. The molecule has 28 heavy (non-hydrogen) atoms. The first-order valence-electron chi connectivity index (χ1n) is 10.3. The van der Waals surface area contributed by atoms with Crippen molar-refractivity contribution in [2.75, 3.05) is 5.73 Å². The lowest BCUT2D eigenvalue weighted by molar-refractivity contribution is -0.0949. The maximum Gasteiger partial charge on any atom is 0.251 e. The summed E-state index contributed by atoms with van der Waals surface area (Å²) in [6.07, 6.45) is 11.3. The van der Waals surface area contributed by atoms with Gasteiger partial charge in [-0.15, -0.1) is 0 Å². The fourth-order valence-corrected chi connectivity index (χ4v) is 4.47. The van der Waals surface area contributed by atoms with E-state index in [0.717, 1.165) is 18.4 Å². The van der Waals surface area contributed by atoms with E-state index in [4.69, 9.17) is 10.5 Å². The lowest BCUT2D eigenvalue weighted by atomic mass is 9.80. The van der Waals surface area contributed by atoms with Crippen molar-refractivity contribution in [3.05, 3.63) is 53.9 Å². The van der Waals surface area contributed by atoms with E-state index < -0.39 is 0 Å². The molecule has 0 unspecified atom stereocenters. The molecule has 0 radical (unpaired) electrons. The van der Waals surface area contributed by atoms with Gasteiger partial charge < -0.3 is 15.8 Å². The quantitative estimate of drug-likeness (QED) is 0.845. The van der Waals surface area contributed by atoms with Gasteiger partial charge in [-0.05, 0) is 43.7 Å². The molecule has 4 rings (SSSR count). The van der Waals surface area contributed by atoms with Gasteiger partial charge in [0, 0.05) is 29.6 Å². The van der Waals surface area contributed by atoms with Crippen LogP contribution < -0.4 is 11.1 Å². The molecule has 1 aromatic carbocycles. The van der Waals surface area contributed by atoms with Crippen LogP contribution in [0.2, 0.25) is 0 Å². The van der Waals surface area contributed by atoms with Gasteiger partial charge in [0.1, 0.15) is 0 Å². The number of carbonyl (C=O) groups is 1. The van der Waals surface area contributed by atoms with Crippen LogP contribution in [0.5, 0.6) is 0 Å². The number of hydrogen-bond donors (Lipinski definition) is 2. The van der Waals surface area contributed by atoms with Crippen molar-refractivity contribution in [3.8, 4) is 0 Å². The highest BCUT2D eigenvalue weighted by Gasteiger charge is 2.36. The van der Waals surface area contributed by atoms with Crippen molar-refractivity contribution < 1.29 is 9.53 Å². The van der Waals surface area contributed by atoms with Crippen molar-refractivity contribution in [3.63, 3.8) is 0 Å². The van der Waals surface area contributed by atoms with Crippen LogP contribution in [0.25, 0.3) is 0 Å². The fraction of sp³-hybridized carbons (Fsp3) is 0.500. The predicted molar refractivity (Wildman–Crippen MR) is 108 cm³/mol. The Hall–Kier alpha value is -2.47. The van der Waals surface area contributed by atoms with Crippen molar-refractivity contribution >= 4 is 11.9 Å². The number of hydrogen-bond acceptors (Lipinski definition) is 5. The molecule has 1 amide bonds. The Bertz CT molecular complexity index is 775. The second kappa shape index (κ2) is 8.69. The number of nitrogens with one attached hydrogen (secondary N) is 1. The van der Waals surface area contributed by atoms with E-state index in [0.29, 0.717) is 11.5 Å². The largest absolute Gasteiger partial charge is 0.370 e. The Labute approximate surface area is 165 Å². The summed E-state index contributed by atoms with van der Waals surface area (Å²) >= 11 is 0. The maximum atomic E-state index is 12.7. The minimum absolute atomic E-state index is 0.0257. The van der Waals surface area contributed by atoms with Crippen LogP contribution in [-0.4, -0.2) is 28.0 Å². The first kappa shape index (κ1) is 18.9. The average molecular weight is 380 g/mol. The highest BCUT2D eigenvalue weighted by atomic mass is 16.5. The highest BCUT2D eigenvalue weighted by molar-refractivity contribution is 5.94. The Morgan fingerprint density at radius 2 is 1.75 bits per heavy atom. The standard InChI is InChI=1S/C22H28N4O2/c23-22-24-13-17(14-25-22)20-12-18(26-21(27)16-9-5-2-6-10-16)11-19(28-20)15-7-3-1-4-8-15/h2,5-6,9-10,13-15,18-20H,1,3-4,7-8,11-12H2,(H,26,27)(H2,23,24,25)/t18-,19-,20+/m1/s1. The zero-order valence-electron chi connectivity index (χ0n) is 16.1. The number of carbonyl (C=O) groups excluding carboxylic acids is 1. The number of nitrogen functional groups attached to an aromatic ring is 1. The van der Waals surface area contributed by atoms with E-state index in [1.807, 2.05) is 30.3 Å². The van der Waals surface area contributed by atoms with Crippen LogP contribution in [0.3, 0.4) is 0 Å². The van der Waals surface area contributed by atoms with Gasteiger partial charge in [-0.2, -0.15) is 0 Å². The molecule has 0 spiro atoms. The van der Waals surface area contributed by atoms with Gasteiger partial charge in [-0.1, -0.05) is 37.5 Å². The van der Waals surface area contributed by atoms with E-state index in [2.05, 4.69) is 15.3 Å². The number of rotatable bonds is 4. The van der Waals surface area contributed by atoms with E-state index >= 15 is 0 Å². The molecule has 3 N–H and O–H groups in total. The van der Waals surface area contributed by atoms with Gasteiger partial charge in [0.15, 0.2) is 0 Å². The first-order chi connectivity index (χ1) is 13.7. The minimum atomic E-state index is -0.123. The summed E-state index contributed by atoms with van der Waals surface area (Å²) in [6, 6.07) is 9.45. The fourth-order valence-electron chi connectivity index (χ4n) is 4.47. The summed E-state index contributed by atoms with van der Waals surface area (Å²) in [5.74, 6) is 0.793. The molecule has 1 aliphatic heterocycles. The van der Waals surface area contributed by atoms with E-state index in [9.17, 15) is 4.79 Å². The van der Waals surface area contributed by atoms with Crippen LogP contribution in [0.1, 0.15) is 67.0 Å². The van der Waals surface area contributed by atoms with Gasteiger partial charge in [-0.25, -0.2) is 9.97 Å². The molecule has 6 heteroatoms. The molecule has 0 bridgehead atoms. The number of ether oxygens (including phenoxy) is 1. The predicted octanol–water partition coefficient (Wildman–Crippen LogP) is 3.66. The Balaban J connectivity index is 1.51. The van der Waals surface area contributed by atoms with E-state index in [1.165, 1.54) is 32.1 Å². The maximum absolute atomic E-state index is 12.7. The van der Waals surface area contributed by atoms with Gasteiger partial charge in [0.25, 0.3) is 5.91 Å². The van der Waals surface area contributed by atoms with Gasteiger partial charge in [-0.3, -0.25) is 4.79 Å². The van der Waals surface area contributed by atoms with Crippen molar-refractivity contribution in [1.82, 2.24) is 15.3 Å². The molecule has 1 saturated carbocycles. The number of anilines is 1. The number of nitrogens with two attached hydrogens (primary N) is 1. The zero-order chi connectivity index (χ0) is 19.3. The van der Waals surface area contributed by atoms with Crippen molar-refractivity contribution in [2.45, 2.75) is 63.2 Å². The van der Waals surface area contributed by atoms with Crippen LogP contribution in [-0.2, 0) is 4.74 Å². The Morgan fingerprint density at radius 3 is 2.46 bits per heavy atom. The third-order valence-corrected chi connectivity index (χ3v) is 5.96. The molecule has 2 aromatic rings. The molecular formula is C22H28N4O2. The van der Waals surface area contributed by atoms with Crippen LogP contribution in [0.15, 0.2) is 42.7 Å². The molecule has 1 aromatic heterocycles. The summed E-state index contributed by atoms with van der Waals surface area (Å²) in [5, 5.41) is 3.23. The Morgan fingerprint density at radius 1 is 1.04 bits per heavy atom. The van der Waals surface area contributed by atoms with Crippen LogP contribution in [0.4, 0.5) is 5.95 Å². The summed E-state index contributed by atoms with van der Waals surface area (Å²) in [6.45, 7) is 0. The third-order valence-electron chi connectivity index (χ3n) is 5.96. The Kier molecular flexibility index (Phi) is 5.86. The third kappa shape index (κ3) is 4.50. The average Bonchev–Trinajstić information content (AvgIpc) is 2.75. The number of benzene rings is 1. The SMILES string of the molecule is Nc1ncc([C@@H]2C[C@H](NC(=O)c3ccccc3)C[C@H](C3CCCCC3)O2)cn1. The molecule has 3 atom stereocenters. The van der Waals surface area contributed by atoms with Gasteiger partial charge in [0.2, 0.25) is 5.95 Å². The minimum Gasteiger partial charge on any atom is -0.370 e. The van der Waals surface area contributed by atoms with E-state index in [1.54, 1.807) is 12.4 Å². The normalized spacial score (nSPS) is 25.9. The molecule has 6 nitrogen and oxygen atoms in total. The summed E-state index contributed by atoms with van der Waals surface area (Å²) in [4.78, 5) is 20.9. The lowest BCUT2D eigenvalue weighted by Crippen LogP contribution is -2.45. The summed E-state index contributed by atoms with van der Waals surface area (Å²) < 4.78 is 6.50. The van der Waals surface area contributed by atoms with Crippen LogP contribution >= 0.6 is 0 Å². The summed E-state index contributed by atoms with van der Waals surface area (Å²) in [5.41, 5.74) is 7.25. The number of aromatic nitrogens is 2. The van der Waals surface area contributed by atoms with Gasteiger partial charge in [0.05, 0.1) is 12.2 Å². The van der Waals surface area contributed by atoms with Crippen molar-refractivity contribution in [2.24, 2.45) is 5.92 Å². The topological polar surface area (TPSA) is 90.1 Å². The molecule has 1 aliphatic carbocycles. The second-order valence-corrected chi connectivity index (χ2v) is 7.94. The zero-order valence-corrected chi connectivity index (χ0v) is 16.1. The smallest absolute Gasteiger partial charge is 0.251 e. The van der Waals surface area contributed by atoms with E-state index in [-0.39, 0.29) is 30.1 Å². The molecule has 1 saturated heterocycles. The monoisotopic (exact) mass is 380 g/mol. The highest BCUT2D eigenvalue weighted by Crippen LogP contribution is 2.38. The molecule has 148 valence electrons. The van der Waals surface area contributed by atoms with Gasteiger partial charge >= 0.3 is 0 Å².